The van der Waals surface area contributed by atoms with Crippen molar-refractivity contribution in [1.29, 1.82) is 0 Å². The molecule has 0 bridgehead atoms. The Hall–Kier alpha value is -2.95. The molecule has 0 aliphatic rings. The molecule has 24 heavy (non-hydrogen) atoms. The molecule has 0 atom stereocenters. The number of nitrogens with two attached hydrogens (primary N) is 1. The summed E-state index contributed by atoms with van der Waals surface area (Å²) in [5.74, 6) is 0. The van der Waals surface area contributed by atoms with Crippen molar-refractivity contribution < 1.29 is 13.2 Å². The summed E-state index contributed by atoms with van der Waals surface area (Å²) in [4.78, 5) is 0. The molecule has 0 fully saturated rings. The highest BCUT2D eigenvalue weighted by atomic mass is 19.4. The first-order valence-corrected chi connectivity index (χ1v) is 7.33. The first-order valence-electron chi connectivity index (χ1n) is 7.33. The van der Waals surface area contributed by atoms with Crippen molar-refractivity contribution in [3.63, 3.8) is 0 Å². The minimum Gasteiger partial charge on any atom is -0.399 e. The van der Waals surface area contributed by atoms with Crippen molar-refractivity contribution in [3.05, 3.63) is 78.4 Å². The van der Waals surface area contributed by atoms with Gasteiger partial charge in [0, 0.05) is 22.6 Å². The maximum Gasteiger partial charge on any atom is 0.416 e. The van der Waals surface area contributed by atoms with E-state index in [-0.39, 0.29) is 0 Å². The molecular weight excluding hydrogens is 313 g/mol. The fourth-order valence-corrected chi connectivity index (χ4v) is 2.40. The van der Waals surface area contributed by atoms with Crippen molar-refractivity contribution >= 4 is 17.1 Å². The number of hydrogen-bond donors (Lipinski definition) is 2. The summed E-state index contributed by atoms with van der Waals surface area (Å²) >= 11 is 0. The van der Waals surface area contributed by atoms with E-state index in [1.54, 1.807) is 0 Å². The van der Waals surface area contributed by atoms with Crippen LogP contribution in [0.4, 0.5) is 30.2 Å². The van der Waals surface area contributed by atoms with E-state index in [2.05, 4.69) is 5.32 Å². The van der Waals surface area contributed by atoms with E-state index in [0.717, 1.165) is 28.9 Å². The second-order valence-electron chi connectivity index (χ2n) is 5.37. The predicted molar refractivity (Wildman–Crippen MR) is 91.0 cm³/mol. The molecule has 0 unspecified atom stereocenters. The van der Waals surface area contributed by atoms with Crippen LogP contribution >= 0.6 is 0 Å². The lowest BCUT2D eigenvalue weighted by molar-refractivity contribution is -0.137. The van der Waals surface area contributed by atoms with Crippen LogP contribution in [0.5, 0.6) is 0 Å². The second-order valence-corrected chi connectivity index (χ2v) is 5.37. The molecule has 122 valence electrons. The number of nitrogen functional groups attached to an aromatic ring is 1. The van der Waals surface area contributed by atoms with Crippen molar-refractivity contribution in [2.45, 2.75) is 6.18 Å². The molecule has 0 heterocycles. The largest absolute Gasteiger partial charge is 0.416 e. The highest BCUT2D eigenvalue weighted by molar-refractivity contribution is 5.81. The van der Waals surface area contributed by atoms with Crippen LogP contribution in [-0.4, -0.2) is 0 Å². The highest BCUT2D eigenvalue weighted by Crippen LogP contribution is 2.33. The van der Waals surface area contributed by atoms with E-state index in [1.165, 1.54) is 12.1 Å². The summed E-state index contributed by atoms with van der Waals surface area (Å²) < 4.78 is 37.9. The Morgan fingerprint density at radius 1 is 0.750 bits per heavy atom. The third-order valence-corrected chi connectivity index (χ3v) is 3.64. The van der Waals surface area contributed by atoms with Gasteiger partial charge in [0.15, 0.2) is 0 Å². The van der Waals surface area contributed by atoms with Crippen LogP contribution in [0.1, 0.15) is 5.56 Å². The van der Waals surface area contributed by atoms with Gasteiger partial charge >= 0.3 is 6.18 Å². The minimum atomic E-state index is -4.33. The molecule has 0 radical (unpaired) electrons. The Labute approximate surface area is 137 Å². The first kappa shape index (κ1) is 15.9. The molecule has 3 aromatic carbocycles. The molecule has 0 aromatic heterocycles. The zero-order valence-electron chi connectivity index (χ0n) is 12.6. The molecule has 3 rings (SSSR count). The van der Waals surface area contributed by atoms with Crippen LogP contribution < -0.4 is 11.1 Å². The average Bonchev–Trinajstić information content (AvgIpc) is 2.56. The van der Waals surface area contributed by atoms with Gasteiger partial charge in [0.1, 0.15) is 0 Å². The van der Waals surface area contributed by atoms with Crippen LogP contribution in [0.15, 0.2) is 72.8 Å². The SMILES string of the molecule is Nc1ccc(-c2ccccc2Nc2ccc(C(F)(F)F)cc2)cc1. The molecular formula is C19H15F3N2. The molecule has 0 saturated carbocycles. The van der Waals surface area contributed by atoms with Gasteiger partial charge < -0.3 is 11.1 Å². The maximum atomic E-state index is 12.6. The van der Waals surface area contributed by atoms with Gasteiger partial charge in [-0.2, -0.15) is 13.2 Å². The highest BCUT2D eigenvalue weighted by Gasteiger charge is 2.29. The summed E-state index contributed by atoms with van der Waals surface area (Å²) in [6.45, 7) is 0. The number of hydrogen-bond acceptors (Lipinski definition) is 2. The lowest BCUT2D eigenvalue weighted by Crippen LogP contribution is -2.04. The van der Waals surface area contributed by atoms with Gasteiger partial charge in [0.2, 0.25) is 0 Å². The normalized spacial score (nSPS) is 11.3. The number of nitrogens with one attached hydrogen (secondary N) is 1. The summed E-state index contributed by atoms with van der Waals surface area (Å²) in [6.07, 6.45) is -4.33. The summed E-state index contributed by atoms with van der Waals surface area (Å²) in [6, 6.07) is 20.0. The average molecular weight is 328 g/mol. The topological polar surface area (TPSA) is 38.0 Å². The second kappa shape index (κ2) is 6.28. The van der Waals surface area contributed by atoms with E-state index in [4.69, 9.17) is 5.73 Å². The van der Waals surface area contributed by atoms with Crippen molar-refractivity contribution in [3.8, 4) is 11.1 Å². The lowest BCUT2D eigenvalue weighted by Gasteiger charge is -2.13. The Bertz CT molecular complexity index is 822. The molecule has 3 aromatic rings. The van der Waals surface area contributed by atoms with Crippen LogP contribution in [0.3, 0.4) is 0 Å². The fourth-order valence-electron chi connectivity index (χ4n) is 2.40. The van der Waals surface area contributed by atoms with Crippen molar-refractivity contribution in [1.82, 2.24) is 0 Å². The van der Waals surface area contributed by atoms with Gasteiger partial charge in [-0.25, -0.2) is 0 Å². The minimum absolute atomic E-state index is 0.589. The van der Waals surface area contributed by atoms with Gasteiger partial charge in [-0.15, -0.1) is 0 Å². The van der Waals surface area contributed by atoms with Gasteiger partial charge in [-0.1, -0.05) is 30.3 Å². The zero-order chi connectivity index (χ0) is 17.2. The smallest absolute Gasteiger partial charge is 0.399 e. The number of anilines is 3. The van der Waals surface area contributed by atoms with E-state index in [0.29, 0.717) is 11.4 Å². The van der Waals surface area contributed by atoms with E-state index < -0.39 is 11.7 Å². The van der Waals surface area contributed by atoms with E-state index >= 15 is 0 Å². The van der Waals surface area contributed by atoms with Crippen molar-refractivity contribution in [2.75, 3.05) is 11.1 Å². The maximum absolute atomic E-state index is 12.6. The van der Waals surface area contributed by atoms with Crippen LogP contribution in [0.2, 0.25) is 0 Å². The van der Waals surface area contributed by atoms with Gasteiger partial charge in [0.05, 0.1) is 5.56 Å². The molecule has 3 N–H and O–H groups in total. The molecule has 5 heteroatoms. The summed E-state index contributed by atoms with van der Waals surface area (Å²) in [7, 11) is 0. The Kier molecular flexibility index (Phi) is 4.16. The van der Waals surface area contributed by atoms with Crippen molar-refractivity contribution in [2.24, 2.45) is 0 Å². The predicted octanol–water partition coefficient (Wildman–Crippen LogP) is 5.70. The fraction of sp³-hybridized carbons (Fsp3) is 0.0526. The quantitative estimate of drug-likeness (QED) is 0.605. The number of alkyl halides is 3. The lowest BCUT2D eigenvalue weighted by atomic mass is 10.0. The monoisotopic (exact) mass is 328 g/mol. The van der Waals surface area contributed by atoms with Gasteiger partial charge in [-0.05, 0) is 48.0 Å². The number of halogens is 3. The standard InChI is InChI=1S/C19H15F3N2/c20-19(21,22)14-7-11-16(12-8-14)24-18-4-2-1-3-17(18)13-5-9-15(23)10-6-13/h1-12,24H,23H2. The Morgan fingerprint density at radius 3 is 2.00 bits per heavy atom. The Balaban J connectivity index is 1.89. The molecule has 0 amide bonds. The molecule has 0 spiro atoms. The zero-order valence-corrected chi connectivity index (χ0v) is 12.6. The van der Waals surface area contributed by atoms with Crippen LogP contribution in [0, 0.1) is 0 Å². The van der Waals surface area contributed by atoms with Gasteiger partial charge in [-0.3, -0.25) is 0 Å². The number of benzene rings is 3. The first-order chi connectivity index (χ1) is 11.4. The van der Waals surface area contributed by atoms with Crippen LogP contribution in [0.25, 0.3) is 11.1 Å². The summed E-state index contributed by atoms with van der Waals surface area (Å²) in [5, 5.41) is 3.17. The third-order valence-electron chi connectivity index (χ3n) is 3.64. The third kappa shape index (κ3) is 3.51. The summed E-state index contributed by atoms with van der Waals surface area (Å²) in [5.41, 5.74) is 9.02. The number of para-hydroxylation sites is 1. The molecule has 0 aliphatic heterocycles. The molecule has 0 saturated heterocycles. The number of rotatable bonds is 3. The Morgan fingerprint density at radius 2 is 1.38 bits per heavy atom. The van der Waals surface area contributed by atoms with Crippen LogP contribution in [-0.2, 0) is 6.18 Å². The van der Waals surface area contributed by atoms with E-state index in [9.17, 15) is 13.2 Å². The molecule has 0 aliphatic carbocycles. The van der Waals surface area contributed by atoms with Gasteiger partial charge in [0.25, 0.3) is 0 Å². The molecule has 2 nitrogen and oxygen atoms in total. The van der Waals surface area contributed by atoms with E-state index in [1.807, 2.05) is 48.5 Å².